The molecule has 0 saturated heterocycles. The molecule has 1 aliphatic carbocycles. The van der Waals surface area contributed by atoms with E-state index in [4.69, 9.17) is 9.47 Å². The highest BCUT2D eigenvalue weighted by Gasteiger charge is 2.38. The Morgan fingerprint density at radius 3 is 2.08 bits per heavy atom. The number of ether oxygens (including phenoxy) is 2. The lowest BCUT2D eigenvalue weighted by Crippen LogP contribution is -2.19. The second-order valence-electron chi connectivity index (χ2n) is 3.39. The largest absolute Gasteiger partial charge is 0.451 e. The number of hydrogen-bond donors (Lipinski definition) is 0. The molecule has 0 spiro atoms. The lowest BCUT2D eigenvalue weighted by atomic mass is 10.3. The third kappa shape index (κ3) is 0.876. The average Bonchev–Trinajstić information content (AvgIpc) is 2.85. The monoisotopic (exact) mass is 162 g/mol. The summed E-state index contributed by atoms with van der Waals surface area (Å²) in [4.78, 5) is 0. The molecule has 12 heavy (non-hydrogen) atoms. The predicted octanol–water partition coefficient (Wildman–Crippen LogP) is 2.19. The molecule has 1 aromatic rings. The third-order valence-corrected chi connectivity index (χ3v) is 2.34. The zero-order valence-corrected chi connectivity index (χ0v) is 6.69. The Labute approximate surface area is 71.1 Å². The van der Waals surface area contributed by atoms with E-state index in [0.717, 1.165) is 11.5 Å². The maximum absolute atomic E-state index is 5.61. The Bertz CT molecular complexity index is 279. The van der Waals surface area contributed by atoms with Crippen molar-refractivity contribution in [3.63, 3.8) is 0 Å². The van der Waals surface area contributed by atoms with E-state index in [-0.39, 0.29) is 6.29 Å². The molecule has 0 amide bonds. The van der Waals surface area contributed by atoms with Gasteiger partial charge in [0.15, 0.2) is 11.5 Å². The van der Waals surface area contributed by atoms with Gasteiger partial charge in [0.25, 0.3) is 0 Å². The number of fused-ring (bicyclic) bond motifs is 1. The number of rotatable bonds is 1. The van der Waals surface area contributed by atoms with Gasteiger partial charge >= 0.3 is 0 Å². The Hall–Kier alpha value is -1.18. The van der Waals surface area contributed by atoms with Crippen molar-refractivity contribution >= 4 is 0 Å². The Balaban J connectivity index is 1.89. The fourth-order valence-corrected chi connectivity index (χ4v) is 1.48. The first-order valence-corrected chi connectivity index (χ1v) is 4.36. The van der Waals surface area contributed by atoms with Gasteiger partial charge in [-0.15, -0.1) is 0 Å². The first-order valence-electron chi connectivity index (χ1n) is 4.36. The summed E-state index contributed by atoms with van der Waals surface area (Å²) >= 11 is 0. The summed E-state index contributed by atoms with van der Waals surface area (Å²) in [5.74, 6) is 2.43. The van der Waals surface area contributed by atoms with E-state index in [9.17, 15) is 0 Å². The van der Waals surface area contributed by atoms with Crippen LogP contribution >= 0.6 is 0 Å². The van der Waals surface area contributed by atoms with E-state index in [1.165, 1.54) is 12.8 Å². The molecule has 2 nitrogen and oxygen atoms in total. The number of para-hydroxylation sites is 2. The van der Waals surface area contributed by atoms with Gasteiger partial charge in [0.05, 0.1) is 0 Å². The van der Waals surface area contributed by atoms with Crippen LogP contribution in [0.4, 0.5) is 0 Å². The molecule has 0 bridgehead atoms. The maximum Gasteiger partial charge on any atom is 0.244 e. The molecule has 1 fully saturated rings. The second-order valence-corrected chi connectivity index (χ2v) is 3.39. The number of benzene rings is 1. The quantitative estimate of drug-likeness (QED) is 0.630. The van der Waals surface area contributed by atoms with Crippen LogP contribution in [0, 0.1) is 5.92 Å². The highest BCUT2D eigenvalue weighted by Crippen LogP contribution is 2.43. The van der Waals surface area contributed by atoms with E-state index >= 15 is 0 Å². The van der Waals surface area contributed by atoms with Gasteiger partial charge in [-0.05, 0) is 25.0 Å². The molecule has 1 heterocycles. The highest BCUT2D eigenvalue weighted by atomic mass is 16.7. The van der Waals surface area contributed by atoms with E-state index in [1.807, 2.05) is 24.3 Å². The smallest absolute Gasteiger partial charge is 0.244 e. The molecule has 1 saturated carbocycles. The van der Waals surface area contributed by atoms with Gasteiger partial charge in [0.2, 0.25) is 6.29 Å². The summed E-state index contributed by atoms with van der Waals surface area (Å²) in [5, 5.41) is 0. The van der Waals surface area contributed by atoms with Crippen molar-refractivity contribution in [1.29, 1.82) is 0 Å². The minimum atomic E-state index is 0.00222. The molecule has 0 atom stereocenters. The standard InChI is InChI=1S/C10H10O2/c1-2-4-9-8(3-1)11-10(12-9)7-5-6-7/h1-4,7,10H,5-6H2. The molecule has 0 aromatic heterocycles. The van der Waals surface area contributed by atoms with Gasteiger partial charge < -0.3 is 9.47 Å². The summed E-state index contributed by atoms with van der Waals surface area (Å²) < 4.78 is 11.2. The minimum absolute atomic E-state index is 0.00222. The molecule has 1 aromatic carbocycles. The molecule has 62 valence electrons. The van der Waals surface area contributed by atoms with Crippen LogP contribution in [0.5, 0.6) is 11.5 Å². The predicted molar refractivity (Wildman–Crippen MR) is 44.2 cm³/mol. The van der Waals surface area contributed by atoms with Crippen molar-refractivity contribution in [2.24, 2.45) is 5.92 Å². The zero-order valence-electron chi connectivity index (χ0n) is 6.69. The normalized spacial score (nSPS) is 21.3. The summed E-state index contributed by atoms with van der Waals surface area (Å²) in [6, 6.07) is 7.85. The molecule has 1 aliphatic heterocycles. The topological polar surface area (TPSA) is 18.5 Å². The zero-order chi connectivity index (χ0) is 7.97. The van der Waals surface area contributed by atoms with Gasteiger partial charge in [-0.1, -0.05) is 12.1 Å². The van der Waals surface area contributed by atoms with Crippen LogP contribution in [-0.2, 0) is 0 Å². The second kappa shape index (κ2) is 2.16. The molecule has 0 unspecified atom stereocenters. The van der Waals surface area contributed by atoms with E-state index in [1.54, 1.807) is 0 Å². The molecular formula is C10H10O2. The first-order chi connectivity index (χ1) is 5.93. The van der Waals surface area contributed by atoms with Gasteiger partial charge in [-0.3, -0.25) is 0 Å². The van der Waals surface area contributed by atoms with Crippen molar-refractivity contribution in [2.75, 3.05) is 0 Å². The molecule has 2 aliphatic rings. The van der Waals surface area contributed by atoms with Crippen LogP contribution in [0.15, 0.2) is 24.3 Å². The molecular weight excluding hydrogens is 152 g/mol. The average molecular weight is 162 g/mol. The molecule has 2 heteroatoms. The fourth-order valence-electron chi connectivity index (χ4n) is 1.48. The van der Waals surface area contributed by atoms with Crippen LogP contribution < -0.4 is 9.47 Å². The van der Waals surface area contributed by atoms with Crippen LogP contribution in [0.25, 0.3) is 0 Å². The maximum atomic E-state index is 5.61. The molecule has 0 radical (unpaired) electrons. The number of hydrogen-bond acceptors (Lipinski definition) is 2. The van der Waals surface area contributed by atoms with Crippen molar-refractivity contribution in [3.8, 4) is 11.5 Å². The minimum Gasteiger partial charge on any atom is -0.451 e. The Morgan fingerprint density at radius 1 is 1.00 bits per heavy atom. The van der Waals surface area contributed by atoms with E-state index in [0.29, 0.717) is 5.92 Å². The van der Waals surface area contributed by atoms with Crippen LogP contribution in [0.3, 0.4) is 0 Å². The van der Waals surface area contributed by atoms with Crippen molar-refractivity contribution < 1.29 is 9.47 Å². The highest BCUT2D eigenvalue weighted by molar-refractivity contribution is 5.41. The Kier molecular flexibility index (Phi) is 1.14. The third-order valence-electron chi connectivity index (χ3n) is 2.34. The van der Waals surface area contributed by atoms with Crippen molar-refractivity contribution in [1.82, 2.24) is 0 Å². The van der Waals surface area contributed by atoms with Gasteiger partial charge in [0.1, 0.15) is 0 Å². The van der Waals surface area contributed by atoms with Crippen LogP contribution in [-0.4, -0.2) is 6.29 Å². The van der Waals surface area contributed by atoms with Gasteiger partial charge in [-0.2, -0.15) is 0 Å². The van der Waals surface area contributed by atoms with E-state index < -0.39 is 0 Å². The lowest BCUT2D eigenvalue weighted by molar-refractivity contribution is 0.0295. The first kappa shape index (κ1) is 6.35. The van der Waals surface area contributed by atoms with Gasteiger partial charge in [-0.25, -0.2) is 0 Å². The van der Waals surface area contributed by atoms with Gasteiger partial charge in [0, 0.05) is 5.92 Å². The van der Waals surface area contributed by atoms with Crippen molar-refractivity contribution in [3.05, 3.63) is 24.3 Å². The van der Waals surface area contributed by atoms with Crippen LogP contribution in [0.1, 0.15) is 12.8 Å². The summed E-state index contributed by atoms with van der Waals surface area (Å²) in [5.41, 5.74) is 0. The van der Waals surface area contributed by atoms with E-state index in [2.05, 4.69) is 0 Å². The van der Waals surface area contributed by atoms with Crippen molar-refractivity contribution in [2.45, 2.75) is 19.1 Å². The molecule has 0 N–H and O–H groups in total. The Morgan fingerprint density at radius 2 is 1.58 bits per heavy atom. The SMILES string of the molecule is c1ccc2c(c1)OC(C1CC1)O2. The fraction of sp³-hybridized carbons (Fsp3) is 0.400. The van der Waals surface area contributed by atoms with Crippen LogP contribution in [0.2, 0.25) is 0 Å². The summed E-state index contributed by atoms with van der Waals surface area (Å²) in [7, 11) is 0. The summed E-state index contributed by atoms with van der Waals surface area (Å²) in [6.07, 6.45) is 2.50. The summed E-state index contributed by atoms with van der Waals surface area (Å²) in [6.45, 7) is 0. The lowest BCUT2D eigenvalue weighted by Gasteiger charge is -2.06. The molecule has 3 rings (SSSR count).